The summed E-state index contributed by atoms with van der Waals surface area (Å²) < 4.78 is 0. The maximum atomic E-state index is 11.5. The molecule has 0 saturated heterocycles. The number of nitrogens with one attached hydrogen (secondary N) is 1. The number of aliphatic carboxylic acids is 1. The average molecular weight is 229 g/mol. The van der Waals surface area contributed by atoms with Crippen molar-refractivity contribution >= 4 is 11.9 Å². The molecule has 0 bridgehead atoms. The maximum absolute atomic E-state index is 11.5. The molecule has 2 unspecified atom stereocenters. The molecule has 0 saturated carbocycles. The average Bonchev–Trinajstić information content (AvgIpc) is 2.16. The van der Waals surface area contributed by atoms with E-state index in [0.29, 0.717) is 18.8 Å². The van der Waals surface area contributed by atoms with Crippen LogP contribution in [0.2, 0.25) is 0 Å². The van der Waals surface area contributed by atoms with Crippen LogP contribution in [0.25, 0.3) is 0 Å². The minimum absolute atomic E-state index is 0.151. The molecule has 1 amide bonds. The molecule has 94 valence electrons. The third kappa shape index (κ3) is 6.43. The van der Waals surface area contributed by atoms with E-state index in [-0.39, 0.29) is 5.91 Å². The van der Waals surface area contributed by atoms with Crippen LogP contribution in [0, 0.1) is 5.92 Å². The number of carboxylic acid groups (broad SMARTS) is 1. The highest BCUT2D eigenvalue weighted by atomic mass is 16.4. The smallest absolute Gasteiger partial charge is 0.326 e. The second-order valence-electron chi connectivity index (χ2n) is 4.34. The standard InChI is InChI=1S/C12H23NO3/c1-4-6-9(3)8-11(14)13-10(7-5-2)12(15)16/h9-10H,4-8H2,1-3H3,(H,13,14)(H,15,16). The van der Waals surface area contributed by atoms with Gasteiger partial charge in [0.2, 0.25) is 5.91 Å². The first-order valence-corrected chi connectivity index (χ1v) is 6.03. The number of hydrogen-bond acceptors (Lipinski definition) is 2. The molecule has 4 heteroatoms. The summed E-state index contributed by atoms with van der Waals surface area (Å²) >= 11 is 0. The molecule has 0 aliphatic heterocycles. The van der Waals surface area contributed by atoms with E-state index >= 15 is 0 Å². The number of carbonyl (C=O) groups excluding carboxylic acids is 1. The van der Waals surface area contributed by atoms with E-state index in [1.165, 1.54) is 0 Å². The van der Waals surface area contributed by atoms with Gasteiger partial charge in [-0.05, 0) is 12.3 Å². The van der Waals surface area contributed by atoms with Gasteiger partial charge in [-0.25, -0.2) is 4.79 Å². The number of carbonyl (C=O) groups is 2. The van der Waals surface area contributed by atoms with Crippen LogP contribution in [0.4, 0.5) is 0 Å². The molecule has 0 heterocycles. The van der Waals surface area contributed by atoms with E-state index in [0.717, 1.165) is 19.3 Å². The number of hydrogen-bond donors (Lipinski definition) is 2. The molecular weight excluding hydrogens is 206 g/mol. The summed E-state index contributed by atoms with van der Waals surface area (Å²) in [6.45, 7) is 5.99. The summed E-state index contributed by atoms with van der Waals surface area (Å²) in [5, 5.41) is 11.4. The Hall–Kier alpha value is -1.06. The molecule has 16 heavy (non-hydrogen) atoms. The number of carboxylic acids is 1. The van der Waals surface area contributed by atoms with Gasteiger partial charge in [0.15, 0.2) is 0 Å². The first-order chi connectivity index (χ1) is 7.51. The fourth-order valence-corrected chi connectivity index (χ4v) is 1.71. The van der Waals surface area contributed by atoms with Gasteiger partial charge in [-0.3, -0.25) is 4.79 Å². The van der Waals surface area contributed by atoms with Gasteiger partial charge in [-0.2, -0.15) is 0 Å². The summed E-state index contributed by atoms with van der Waals surface area (Å²) in [7, 11) is 0. The van der Waals surface area contributed by atoms with E-state index in [2.05, 4.69) is 12.2 Å². The molecule has 2 atom stereocenters. The van der Waals surface area contributed by atoms with Crippen LogP contribution in [-0.4, -0.2) is 23.0 Å². The normalized spacial score (nSPS) is 14.2. The molecule has 0 radical (unpaired) electrons. The van der Waals surface area contributed by atoms with E-state index in [9.17, 15) is 9.59 Å². The van der Waals surface area contributed by atoms with E-state index in [4.69, 9.17) is 5.11 Å². The fraction of sp³-hybridized carbons (Fsp3) is 0.833. The Morgan fingerprint density at radius 1 is 1.19 bits per heavy atom. The zero-order chi connectivity index (χ0) is 12.6. The lowest BCUT2D eigenvalue weighted by molar-refractivity contribution is -0.142. The Morgan fingerprint density at radius 3 is 2.19 bits per heavy atom. The van der Waals surface area contributed by atoms with Crippen LogP contribution in [-0.2, 0) is 9.59 Å². The third-order valence-corrected chi connectivity index (χ3v) is 2.53. The molecule has 0 spiro atoms. The van der Waals surface area contributed by atoms with Crippen LogP contribution in [0.5, 0.6) is 0 Å². The van der Waals surface area contributed by atoms with Crippen molar-refractivity contribution in [1.29, 1.82) is 0 Å². The summed E-state index contributed by atoms with van der Waals surface area (Å²) in [5.74, 6) is -0.777. The van der Waals surface area contributed by atoms with Gasteiger partial charge in [0.25, 0.3) is 0 Å². The van der Waals surface area contributed by atoms with E-state index in [1.54, 1.807) is 0 Å². The van der Waals surface area contributed by atoms with Crippen molar-refractivity contribution in [2.75, 3.05) is 0 Å². The second kappa shape index (κ2) is 8.13. The zero-order valence-corrected chi connectivity index (χ0v) is 10.5. The molecule has 4 nitrogen and oxygen atoms in total. The molecule has 0 fully saturated rings. The summed E-state index contributed by atoms with van der Waals surface area (Å²) in [6.07, 6.45) is 3.71. The maximum Gasteiger partial charge on any atom is 0.326 e. The first-order valence-electron chi connectivity index (χ1n) is 6.03. The van der Waals surface area contributed by atoms with Crippen molar-refractivity contribution in [2.45, 2.75) is 58.9 Å². The molecule has 0 aromatic carbocycles. The minimum Gasteiger partial charge on any atom is -0.480 e. The molecule has 2 N–H and O–H groups in total. The molecular formula is C12H23NO3. The highest BCUT2D eigenvalue weighted by molar-refractivity contribution is 5.83. The lowest BCUT2D eigenvalue weighted by Gasteiger charge is -2.15. The summed E-state index contributed by atoms with van der Waals surface area (Å²) in [4.78, 5) is 22.4. The van der Waals surface area contributed by atoms with Gasteiger partial charge in [-0.1, -0.05) is 40.0 Å². The Bertz CT molecular complexity index is 228. The second-order valence-corrected chi connectivity index (χ2v) is 4.34. The van der Waals surface area contributed by atoms with Crippen LogP contribution in [0.1, 0.15) is 52.9 Å². The Morgan fingerprint density at radius 2 is 1.75 bits per heavy atom. The van der Waals surface area contributed by atoms with E-state index < -0.39 is 12.0 Å². The topological polar surface area (TPSA) is 66.4 Å². The summed E-state index contributed by atoms with van der Waals surface area (Å²) in [6, 6.07) is -0.730. The number of amides is 1. The van der Waals surface area contributed by atoms with Crippen LogP contribution < -0.4 is 5.32 Å². The molecule has 0 aliphatic rings. The monoisotopic (exact) mass is 229 g/mol. The lowest BCUT2D eigenvalue weighted by Crippen LogP contribution is -2.41. The minimum atomic E-state index is -0.946. The van der Waals surface area contributed by atoms with Crippen LogP contribution in [0.15, 0.2) is 0 Å². The first kappa shape index (κ1) is 14.9. The third-order valence-electron chi connectivity index (χ3n) is 2.53. The summed E-state index contributed by atoms with van der Waals surface area (Å²) in [5.41, 5.74) is 0. The lowest BCUT2D eigenvalue weighted by atomic mass is 10.0. The van der Waals surface area contributed by atoms with Gasteiger partial charge in [-0.15, -0.1) is 0 Å². The van der Waals surface area contributed by atoms with Gasteiger partial charge in [0, 0.05) is 6.42 Å². The predicted molar refractivity (Wildman–Crippen MR) is 63.2 cm³/mol. The van der Waals surface area contributed by atoms with E-state index in [1.807, 2.05) is 13.8 Å². The number of rotatable bonds is 8. The Labute approximate surface area is 97.4 Å². The predicted octanol–water partition coefficient (Wildman–Crippen LogP) is 2.18. The fourth-order valence-electron chi connectivity index (χ4n) is 1.71. The van der Waals surface area contributed by atoms with Gasteiger partial charge in [0.1, 0.15) is 6.04 Å². The van der Waals surface area contributed by atoms with Gasteiger partial charge < -0.3 is 10.4 Å². The highest BCUT2D eigenvalue weighted by Crippen LogP contribution is 2.10. The van der Waals surface area contributed by atoms with Crippen molar-refractivity contribution in [3.63, 3.8) is 0 Å². The molecule has 0 aromatic rings. The zero-order valence-electron chi connectivity index (χ0n) is 10.5. The quantitative estimate of drug-likeness (QED) is 0.670. The highest BCUT2D eigenvalue weighted by Gasteiger charge is 2.19. The molecule has 0 aromatic heterocycles. The Kier molecular flexibility index (Phi) is 7.60. The van der Waals surface area contributed by atoms with Crippen molar-refractivity contribution in [3.8, 4) is 0 Å². The Balaban J connectivity index is 4.04. The van der Waals surface area contributed by atoms with Crippen LogP contribution in [0.3, 0.4) is 0 Å². The molecule has 0 aliphatic carbocycles. The van der Waals surface area contributed by atoms with Crippen molar-refractivity contribution in [1.82, 2.24) is 5.32 Å². The largest absolute Gasteiger partial charge is 0.480 e. The SMILES string of the molecule is CCCC(C)CC(=O)NC(CCC)C(=O)O. The molecule has 0 rings (SSSR count). The van der Waals surface area contributed by atoms with Crippen molar-refractivity contribution in [2.24, 2.45) is 5.92 Å². The van der Waals surface area contributed by atoms with Crippen LogP contribution >= 0.6 is 0 Å². The van der Waals surface area contributed by atoms with Crippen molar-refractivity contribution < 1.29 is 14.7 Å². The van der Waals surface area contributed by atoms with Crippen molar-refractivity contribution in [3.05, 3.63) is 0 Å². The van der Waals surface area contributed by atoms with Gasteiger partial charge >= 0.3 is 5.97 Å². The van der Waals surface area contributed by atoms with Gasteiger partial charge in [0.05, 0.1) is 0 Å².